The molecule has 1 aromatic rings. The summed E-state index contributed by atoms with van der Waals surface area (Å²) in [4.78, 5) is 15.6. The summed E-state index contributed by atoms with van der Waals surface area (Å²) in [5.41, 5.74) is 0.424. The van der Waals surface area contributed by atoms with Gasteiger partial charge in [-0.15, -0.1) is 0 Å². The largest absolute Gasteiger partial charge is 0.384 e. The first-order valence-corrected chi connectivity index (χ1v) is 5.81. The van der Waals surface area contributed by atoms with Gasteiger partial charge in [0.25, 0.3) is 5.91 Å². The number of nitrogens with one attached hydrogen (secondary N) is 1. The normalized spacial score (nSPS) is 12.2. The molecule has 0 fully saturated rings. The monoisotopic (exact) mass is 286 g/mol. The molecule has 0 aliphatic heterocycles. The quantitative estimate of drug-likeness (QED) is 0.899. The van der Waals surface area contributed by atoms with Crippen LogP contribution < -0.4 is 5.32 Å². The molecular formula is C11H15BrN2O2. The third-order valence-corrected chi connectivity index (χ3v) is 2.49. The lowest BCUT2D eigenvalue weighted by atomic mass is 10.2. The highest BCUT2D eigenvalue weighted by Gasteiger charge is 2.08. The number of hydrogen-bond donors (Lipinski definition) is 1. The number of aromatic nitrogens is 1. The first-order valence-electron chi connectivity index (χ1n) is 5.02. The number of hydrogen-bond acceptors (Lipinski definition) is 3. The van der Waals surface area contributed by atoms with Crippen molar-refractivity contribution in [3.05, 3.63) is 28.5 Å². The molecule has 0 saturated carbocycles. The predicted octanol–water partition coefficient (Wildman–Crippen LogP) is 1.86. The van der Waals surface area contributed by atoms with E-state index < -0.39 is 0 Å². The number of carbonyl (C=O) groups is 1. The van der Waals surface area contributed by atoms with Crippen molar-refractivity contribution >= 4 is 21.8 Å². The molecule has 0 radical (unpaired) electrons. The number of halogens is 1. The summed E-state index contributed by atoms with van der Waals surface area (Å²) in [7, 11) is 1.65. The summed E-state index contributed by atoms with van der Waals surface area (Å²) in [5, 5.41) is 2.81. The number of ether oxygens (including phenoxy) is 1. The zero-order valence-electron chi connectivity index (χ0n) is 9.37. The second kappa shape index (κ2) is 6.60. The molecule has 0 spiro atoms. The van der Waals surface area contributed by atoms with Crippen LogP contribution in [0.1, 0.15) is 17.4 Å². The summed E-state index contributed by atoms with van der Waals surface area (Å²) in [6.07, 6.45) is 1.60. The van der Waals surface area contributed by atoms with Gasteiger partial charge in [0, 0.05) is 24.3 Å². The zero-order valence-corrected chi connectivity index (χ0v) is 11.0. The number of methoxy groups -OCH3 is 1. The second-order valence-electron chi connectivity index (χ2n) is 3.63. The van der Waals surface area contributed by atoms with Crippen LogP contribution in [0.5, 0.6) is 0 Å². The Kier molecular flexibility index (Phi) is 5.42. The standard InChI is InChI=1S/C11H15BrN2O2/c1-8(7-16-2)5-14-11(15)10-4-3-9(12)6-13-10/h3-4,6,8H,5,7H2,1-2H3,(H,14,15). The van der Waals surface area contributed by atoms with E-state index in [1.807, 2.05) is 6.92 Å². The van der Waals surface area contributed by atoms with Crippen LogP contribution in [0.2, 0.25) is 0 Å². The topological polar surface area (TPSA) is 51.2 Å². The molecule has 0 aliphatic carbocycles. The smallest absolute Gasteiger partial charge is 0.269 e. The lowest BCUT2D eigenvalue weighted by molar-refractivity contribution is 0.0929. The summed E-state index contributed by atoms with van der Waals surface area (Å²) >= 11 is 3.27. The van der Waals surface area contributed by atoms with Crippen molar-refractivity contribution in [2.75, 3.05) is 20.3 Å². The van der Waals surface area contributed by atoms with Gasteiger partial charge in [-0.3, -0.25) is 4.79 Å². The Hall–Kier alpha value is -0.940. The summed E-state index contributed by atoms with van der Waals surface area (Å²) in [6.45, 7) is 3.23. The number of rotatable bonds is 5. The van der Waals surface area contributed by atoms with Gasteiger partial charge in [0.2, 0.25) is 0 Å². The molecule has 16 heavy (non-hydrogen) atoms. The molecule has 0 aliphatic rings. The Bertz CT molecular complexity index is 340. The highest BCUT2D eigenvalue weighted by Crippen LogP contribution is 2.07. The van der Waals surface area contributed by atoms with Crippen molar-refractivity contribution in [2.24, 2.45) is 5.92 Å². The molecule has 0 aromatic carbocycles. The Morgan fingerprint density at radius 1 is 1.62 bits per heavy atom. The van der Waals surface area contributed by atoms with Crippen LogP contribution in [-0.2, 0) is 4.74 Å². The van der Waals surface area contributed by atoms with Crippen LogP contribution in [0.15, 0.2) is 22.8 Å². The van der Waals surface area contributed by atoms with Gasteiger partial charge >= 0.3 is 0 Å². The fourth-order valence-electron chi connectivity index (χ4n) is 1.21. The van der Waals surface area contributed by atoms with E-state index in [2.05, 4.69) is 26.2 Å². The van der Waals surface area contributed by atoms with Crippen LogP contribution >= 0.6 is 15.9 Å². The van der Waals surface area contributed by atoms with Crippen LogP contribution in [-0.4, -0.2) is 31.2 Å². The van der Waals surface area contributed by atoms with E-state index in [-0.39, 0.29) is 5.91 Å². The third kappa shape index (κ3) is 4.28. The van der Waals surface area contributed by atoms with E-state index in [1.54, 1.807) is 25.4 Å². The van der Waals surface area contributed by atoms with Gasteiger partial charge in [0.05, 0.1) is 6.61 Å². The lowest BCUT2D eigenvalue weighted by Gasteiger charge is -2.10. The number of nitrogens with zero attached hydrogens (tertiary/aromatic N) is 1. The molecular weight excluding hydrogens is 272 g/mol. The van der Waals surface area contributed by atoms with Crippen LogP contribution in [0.3, 0.4) is 0 Å². The SMILES string of the molecule is COCC(C)CNC(=O)c1ccc(Br)cn1. The van der Waals surface area contributed by atoms with Gasteiger partial charge in [-0.2, -0.15) is 0 Å². The van der Waals surface area contributed by atoms with Crippen LogP contribution in [0.4, 0.5) is 0 Å². The van der Waals surface area contributed by atoms with Crippen LogP contribution in [0, 0.1) is 5.92 Å². The third-order valence-electron chi connectivity index (χ3n) is 2.02. The molecule has 1 amide bonds. The minimum Gasteiger partial charge on any atom is -0.384 e. The Labute approximate surface area is 104 Å². The summed E-state index contributed by atoms with van der Waals surface area (Å²) in [5.74, 6) is 0.139. The fourth-order valence-corrected chi connectivity index (χ4v) is 1.45. The molecule has 1 N–H and O–H groups in total. The maximum Gasteiger partial charge on any atom is 0.269 e. The minimum absolute atomic E-state index is 0.157. The molecule has 1 rings (SSSR count). The molecule has 0 saturated heterocycles. The van der Waals surface area contributed by atoms with Gasteiger partial charge in [-0.25, -0.2) is 4.98 Å². The molecule has 5 heteroatoms. The molecule has 1 atom stereocenters. The number of pyridine rings is 1. The predicted molar refractivity (Wildman–Crippen MR) is 65.3 cm³/mol. The van der Waals surface area contributed by atoms with Gasteiger partial charge in [0.1, 0.15) is 5.69 Å². The highest BCUT2D eigenvalue weighted by molar-refractivity contribution is 9.10. The first kappa shape index (κ1) is 13.1. The zero-order chi connectivity index (χ0) is 12.0. The Morgan fingerprint density at radius 2 is 2.38 bits per heavy atom. The Morgan fingerprint density at radius 3 is 2.94 bits per heavy atom. The van der Waals surface area contributed by atoms with E-state index in [4.69, 9.17) is 4.74 Å². The van der Waals surface area contributed by atoms with Crippen LogP contribution in [0.25, 0.3) is 0 Å². The van der Waals surface area contributed by atoms with Gasteiger partial charge < -0.3 is 10.1 Å². The van der Waals surface area contributed by atoms with E-state index in [0.717, 1.165) is 4.47 Å². The van der Waals surface area contributed by atoms with Gasteiger partial charge in [-0.1, -0.05) is 6.92 Å². The summed E-state index contributed by atoms with van der Waals surface area (Å²) < 4.78 is 5.84. The lowest BCUT2D eigenvalue weighted by Crippen LogP contribution is -2.30. The van der Waals surface area contributed by atoms with Crippen molar-refractivity contribution in [1.82, 2.24) is 10.3 Å². The average molecular weight is 287 g/mol. The molecule has 1 unspecified atom stereocenters. The molecule has 4 nitrogen and oxygen atoms in total. The molecule has 1 aromatic heterocycles. The van der Waals surface area contributed by atoms with Gasteiger partial charge in [-0.05, 0) is 34.0 Å². The molecule has 88 valence electrons. The maximum atomic E-state index is 11.6. The second-order valence-corrected chi connectivity index (χ2v) is 4.55. The van der Waals surface area contributed by atoms with Crippen molar-refractivity contribution in [3.8, 4) is 0 Å². The Balaban J connectivity index is 2.43. The van der Waals surface area contributed by atoms with E-state index in [0.29, 0.717) is 24.8 Å². The molecule has 0 bridgehead atoms. The van der Waals surface area contributed by atoms with Crippen molar-refractivity contribution in [1.29, 1.82) is 0 Å². The average Bonchev–Trinajstić information content (AvgIpc) is 2.27. The van der Waals surface area contributed by atoms with Gasteiger partial charge in [0.15, 0.2) is 0 Å². The fraction of sp³-hybridized carbons (Fsp3) is 0.455. The van der Waals surface area contributed by atoms with E-state index in [1.165, 1.54) is 0 Å². The first-order chi connectivity index (χ1) is 7.63. The summed E-state index contributed by atoms with van der Waals surface area (Å²) in [6, 6.07) is 3.47. The maximum absolute atomic E-state index is 11.6. The van der Waals surface area contributed by atoms with Crippen molar-refractivity contribution in [2.45, 2.75) is 6.92 Å². The highest BCUT2D eigenvalue weighted by atomic mass is 79.9. The number of carbonyl (C=O) groups excluding carboxylic acids is 1. The van der Waals surface area contributed by atoms with Crippen molar-refractivity contribution < 1.29 is 9.53 Å². The number of amides is 1. The molecule has 1 heterocycles. The van der Waals surface area contributed by atoms with E-state index in [9.17, 15) is 4.79 Å². The van der Waals surface area contributed by atoms with Crippen molar-refractivity contribution in [3.63, 3.8) is 0 Å². The van der Waals surface area contributed by atoms with E-state index >= 15 is 0 Å². The minimum atomic E-state index is -0.157.